The van der Waals surface area contributed by atoms with Crippen LogP contribution in [0.1, 0.15) is 24.6 Å². The van der Waals surface area contributed by atoms with E-state index in [1.165, 1.54) is 4.90 Å². The fourth-order valence-corrected chi connectivity index (χ4v) is 3.24. The van der Waals surface area contributed by atoms with Gasteiger partial charge in [0.1, 0.15) is 0 Å². The highest BCUT2D eigenvalue weighted by atomic mass is 79.9. The molecule has 2 heterocycles. The molecule has 1 aromatic heterocycles. The van der Waals surface area contributed by atoms with Crippen LogP contribution in [0.3, 0.4) is 0 Å². The standard InChI is InChI=1S/C11H12BrNO2S/c1-7-2-10(14)13(11(15)3-7)5-9-4-8(12)6-16-9/h4,6-7H,2-3,5H2,1H3. The third-order valence-corrected chi connectivity index (χ3v) is 4.27. The first-order chi connectivity index (χ1) is 7.56. The maximum atomic E-state index is 11.7. The van der Waals surface area contributed by atoms with E-state index in [-0.39, 0.29) is 17.7 Å². The van der Waals surface area contributed by atoms with E-state index in [1.807, 2.05) is 18.4 Å². The van der Waals surface area contributed by atoms with Gasteiger partial charge in [-0.25, -0.2) is 0 Å². The molecule has 0 spiro atoms. The number of amides is 2. The largest absolute Gasteiger partial charge is 0.277 e. The second kappa shape index (κ2) is 4.67. The Labute approximate surface area is 107 Å². The predicted octanol–water partition coefficient (Wildman–Crippen LogP) is 2.80. The highest BCUT2D eigenvalue weighted by molar-refractivity contribution is 9.10. The Hall–Kier alpha value is -0.680. The summed E-state index contributed by atoms with van der Waals surface area (Å²) in [5, 5.41) is 1.96. The molecule has 1 aliphatic rings. The Balaban J connectivity index is 2.09. The van der Waals surface area contributed by atoms with Crippen LogP contribution in [0.15, 0.2) is 15.9 Å². The molecular weight excluding hydrogens is 290 g/mol. The molecule has 16 heavy (non-hydrogen) atoms. The molecule has 0 aliphatic carbocycles. The Bertz CT molecular complexity index is 411. The van der Waals surface area contributed by atoms with E-state index >= 15 is 0 Å². The number of nitrogens with zero attached hydrogens (tertiary/aromatic N) is 1. The van der Waals surface area contributed by atoms with E-state index in [9.17, 15) is 9.59 Å². The first-order valence-corrected chi connectivity index (χ1v) is 6.79. The summed E-state index contributed by atoms with van der Waals surface area (Å²) < 4.78 is 0.998. The van der Waals surface area contributed by atoms with Crippen LogP contribution in [-0.2, 0) is 16.1 Å². The minimum Gasteiger partial charge on any atom is -0.277 e. The first kappa shape index (κ1) is 11.8. The van der Waals surface area contributed by atoms with Gasteiger partial charge in [-0.3, -0.25) is 14.5 Å². The zero-order valence-electron chi connectivity index (χ0n) is 8.90. The first-order valence-electron chi connectivity index (χ1n) is 5.12. The summed E-state index contributed by atoms with van der Waals surface area (Å²) in [4.78, 5) is 25.9. The molecule has 0 aromatic carbocycles. The number of thiophene rings is 1. The molecule has 86 valence electrons. The minimum atomic E-state index is -0.0479. The quantitative estimate of drug-likeness (QED) is 0.788. The number of hydrogen-bond donors (Lipinski definition) is 0. The van der Waals surface area contributed by atoms with Gasteiger partial charge in [0.05, 0.1) is 6.54 Å². The van der Waals surface area contributed by atoms with E-state index in [4.69, 9.17) is 0 Å². The molecule has 1 aromatic rings. The number of likely N-dealkylation sites (tertiary alicyclic amines) is 1. The Morgan fingerprint density at radius 2 is 2.06 bits per heavy atom. The van der Waals surface area contributed by atoms with Crippen molar-refractivity contribution >= 4 is 39.1 Å². The maximum absolute atomic E-state index is 11.7. The second-order valence-electron chi connectivity index (χ2n) is 4.12. The number of piperidine rings is 1. The van der Waals surface area contributed by atoms with Crippen molar-refractivity contribution in [2.24, 2.45) is 5.92 Å². The summed E-state index contributed by atoms with van der Waals surface area (Å²) in [7, 11) is 0. The lowest BCUT2D eigenvalue weighted by Gasteiger charge is -2.27. The lowest BCUT2D eigenvalue weighted by molar-refractivity contribution is -0.150. The fourth-order valence-electron chi connectivity index (χ4n) is 1.80. The summed E-state index contributed by atoms with van der Waals surface area (Å²) >= 11 is 4.91. The highest BCUT2D eigenvalue weighted by Gasteiger charge is 2.30. The Kier molecular flexibility index (Phi) is 3.44. The smallest absolute Gasteiger partial charge is 0.229 e. The number of imide groups is 1. The van der Waals surface area contributed by atoms with E-state index in [0.29, 0.717) is 19.4 Å². The Morgan fingerprint density at radius 1 is 1.44 bits per heavy atom. The summed E-state index contributed by atoms with van der Waals surface area (Å²) in [6, 6.07) is 1.95. The number of carbonyl (C=O) groups is 2. The Morgan fingerprint density at radius 3 is 2.56 bits per heavy atom. The molecule has 2 rings (SSSR count). The molecular formula is C11H12BrNO2S. The summed E-state index contributed by atoms with van der Waals surface area (Å²) in [5.74, 6) is 0.0906. The van der Waals surface area contributed by atoms with Crippen molar-refractivity contribution in [1.29, 1.82) is 0 Å². The predicted molar refractivity (Wildman–Crippen MR) is 66.0 cm³/mol. The summed E-state index contributed by atoms with van der Waals surface area (Å²) in [5.41, 5.74) is 0. The van der Waals surface area contributed by atoms with Gasteiger partial charge in [-0.2, -0.15) is 0 Å². The van der Waals surface area contributed by atoms with E-state index in [2.05, 4.69) is 15.9 Å². The van der Waals surface area contributed by atoms with Gasteiger partial charge in [0.2, 0.25) is 11.8 Å². The molecule has 0 atom stereocenters. The van der Waals surface area contributed by atoms with Gasteiger partial charge in [-0.15, -0.1) is 11.3 Å². The molecule has 0 N–H and O–H groups in total. The van der Waals surface area contributed by atoms with Crippen LogP contribution >= 0.6 is 27.3 Å². The van der Waals surface area contributed by atoms with Gasteiger partial charge in [-0.1, -0.05) is 6.92 Å². The van der Waals surface area contributed by atoms with E-state index in [1.54, 1.807) is 11.3 Å². The molecule has 0 saturated carbocycles. The van der Waals surface area contributed by atoms with Crippen molar-refractivity contribution in [1.82, 2.24) is 4.90 Å². The minimum absolute atomic E-state index is 0.0479. The molecule has 0 bridgehead atoms. The third-order valence-electron chi connectivity index (χ3n) is 2.58. The van der Waals surface area contributed by atoms with Crippen LogP contribution in [0, 0.1) is 5.92 Å². The molecule has 3 nitrogen and oxygen atoms in total. The van der Waals surface area contributed by atoms with Gasteiger partial charge in [0.25, 0.3) is 0 Å². The maximum Gasteiger partial charge on any atom is 0.229 e. The fraction of sp³-hybridized carbons (Fsp3) is 0.455. The topological polar surface area (TPSA) is 37.4 Å². The van der Waals surface area contributed by atoms with Crippen LogP contribution in [0.4, 0.5) is 0 Å². The van der Waals surface area contributed by atoms with Crippen molar-refractivity contribution in [3.63, 3.8) is 0 Å². The lowest BCUT2D eigenvalue weighted by Crippen LogP contribution is -2.41. The molecule has 0 unspecified atom stereocenters. The van der Waals surface area contributed by atoms with Gasteiger partial charge in [-0.05, 0) is 27.9 Å². The second-order valence-corrected chi connectivity index (χ2v) is 6.03. The van der Waals surface area contributed by atoms with E-state index < -0.39 is 0 Å². The zero-order chi connectivity index (χ0) is 11.7. The van der Waals surface area contributed by atoms with Crippen molar-refractivity contribution in [3.05, 3.63) is 20.8 Å². The van der Waals surface area contributed by atoms with Crippen LogP contribution < -0.4 is 0 Å². The van der Waals surface area contributed by atoms with Crippen molar-refractivity contribution in [2.45, 2.75) is 26.3 Å². The van der Waals surface area contributed by atoms with Crippen LogP contribution in [0.25, 0.3) is 0 Å². The molecule has 1 aliphatic heterocycles. The normalized spacial score (nSPS) is 18.2. The van der Waals surface area contributed by atoms with Crippen LogP contribution in [0.5, 0.6) is 0 Å². The van der Waals surface area contributed by atoms with Crippen molar-refractivity contribution in [2.75, 3.05) is 0 Å². The average Bonchev–Trinajstić information content (AvgIpc) is 2.58. The number of hydrogen-bond acceptors (Lipinski definition) is 3. The van der Waals surface area contributed by atoms with Gasteiger partial charge >= 0.3 is 0 Å². The summed E-state index contributed by atoms with van der Waals surface area (Å²) in [6.07, 6.45) is 0.969. The SMILES string of the molecule is CC1CC(=O)N(Cc2cc(Br)cs2)C(=O)C1. The number of carbonyl (C=O) groups excluding carboxylic acids is 2. The number of rotatable bonds is 2. The van der Waals surface area contributed by atoms with E-state index in [0.717, 1.165) is 9.35 Å². The van der Waals surface area contributed by atoms with Gasteiger partial charge < -0.3 is 0 Å². The van der Waals surface area contributed by atoms with Crippen LogP contribution in [0.2, 0.25) is 0 Å². The van der Waals surface area contributed by atoms with Crippen molar-refractivity contribution < 1.29 is 9.59 Å². The molecule has 1 saturated heterocycles. The molecule has 1 fully saturated rings. The molecule has 2 amide bonds. The van der Waals surface area contributed by atoms with Gasteiger partial charge in [0, 0.05) is 27.6 Å². The lowest BCUT2D eigenvalue weighted by atomic mass is 9.98. The molecule has 0 radical (unpaired) electrons. The van der Waals surface area contributed by atoms with Gasteiger partial charge in [0.15, 0.2) is 0 Å². The number of halogens is 1. The van der Waals surface area contributed by atoms with Crippen LogP contribution in [-0.4, -0.2) is 16.7 Å². The monoisotopic (exact) mass is 301 g/mol. The summed E-state index contributed by atoms with van der Waals surface area (Å²) in [6.45, 7) is 2.36. The highest BCUT2D eigenvalue weighted by Crippen LogP contribution is 2.25. The zero-order valence-corrected chi connectivity index (χ0v) is 11.3. The molecule has 5 heteroatoms. The third kappa shape index (κ3) is 2.52. The average molecular weight is 302 g/mol. The van der Waals surface area contributed by atoms with Crippen molar-refractivity contribution in [3.8, 4) is 0 Å².